The van der Waals surface area contributed by atoms with Crippen molar-refractivity contribution in [3.8, 4) is 0 Å². The monoisotopic (exact) mass is 244 g/mol. The molecule has 0 aromatic carbocycles. The highest BCUT2D eigenvalue weighted by Gasteiger charge is 2.21. The van der Waals surface area contributed by atoms with Crippen LogP contribution in [0, 0.1) is 11.8 Å². The van der Waals surface area contributed by atoms with Crippen molar-refractivity contribution in [3.63, 3.8) is 0 Å². The second-order valence-corrected chi connectivity index (χ2v) is 6.55. The Hall–Kier alpha value is -0.0800. The molecule has 0 aromatic rings. The van der Waals surface area contributed by atoms with E-state index in [9.17, 15) is 5.11 Å². The minimum Gasteiger partial charge on any atom is -0.387 e. The lowest BCUT2D eigenvalue weighted by molar-refractivity contribution is -0.873. The molecule has 0 rings (SSSR count). The molecule has 1 N–H and O–H groups in total. The van der Waals surface area contributed by atoms with E-state index in [1.54, 1.807) is 0 Å². The summed E-state index contributed by atoms with van der Waals surface area (Å²) in [4.78, 5) is 0. The van der Waals surface area contributed by atoms with Crippen LogP contribution in [0.25, 0.3) is 0 Å². The van der Waals surface area contributed by atoms with E-state index in [2.05, 4.69) is 41.9 Å². The number of likely N-dealkylation sites (N-methyl/N-ethyl adjacent to an activating group) is 1. The van der Waals surface area contributed by atoms with E-state index in [4.69, 9.17) is 0 Å². The number of quaternary nitrogens is 1. The molecule has 0 aliphatic heterocycles. The average molecular weight is 244 g/mol. The number of rotatable bonds is 9. The molecular weight excluding hydrogens is 210 g/mol. The van der Waals surface area contributed by atoms with Gasteiger partial charge in [0.05, 0.1) is 21.1 Å². The first-order valence-corrected chi connectivity index (χ1v) is 7.30. The van der Waals surface area contributed by atoms with Crippen molar-refractivity contribution in [1.29, 1.82) is 0 Å². The van der Waals surface area contributed by atoms with Gasteiger partial charge < -0.3 is 9.59 Å². The van der Waals surface area contributed by atoms with Crippen LogP contribution >= 0.6 is 0 Å². The van der Waals surface area contributed by atoms with Crippen molar-refractivity contribution in [3.05, 3.63) is 0 Å². The molecule has 0 aromatic heterocycles. The predicted molar refractivity (Wildman–Crippen MR) is 76.0 cm³/mol. The van der Waals surface area contributed by atoms with Gasteiger partial charge in [0.15, 0.2) is 0 Å². The molecule has 0 saturated carbocycles. The Bertz CT molecular complexity index is 182. The molecule has 0 amide bonds. The topological polar surface area (TPSA) is 20.2 Å². The first-order valence-electron chi connectivity index (χ1n) is 7.30. The molecule has 2 nitrogen and oxygen atoms in total. The van der Waals surface area contributed by atoms with Crippen molar-refractivity contribution < 1.29 is 9.59 Å². The summed E-state index contributed by atoms with van der Waals surface area (Å²) in [6, 6.07) is 0. The van der Waals surface area contributed by atoms with E-state index >= 15 is 0 Å². The van der Waals surface area contributed by atoms with Crippen molar-refractivity contribution in [2.75, 3.05) is 27.7 Å². The second kappa shape index (κ2) is 8.10. The van der Waals surface area contributed by atoms with Crippen LogP contribution in [0.1, 0.15) is 52.9 Å². The maximum atomic E-state index is 10.1. The molecule has 0 aliphatic rings. The highest BCUT2D eigenvalue weighted by molar-refractivity contribution is 4.68. The molecule has 17 heavy (non-hydrogen) atoms. The lowest BCUT2D eigenvalue weighted by Crippen LogP contribution is -2.42. The van der Waals surface area contributed by atoms with Crippen LogP contribution in [-0.2, 0) is 0 Å². The van der Waals surface area contributed by atoms with Gasteiger partial charge in [-0.15, -0.1) is 0 Å². The molecule has 2 heteroatoms. The molecule has 104 valence electrons. The summed E-state index contributed by atoms with van der Waals surface area (Å²) in [7, 11) is 6.43. The van der Waals surface area contributed by atoms with Gasteiger partial charge >= 0.3 is 0 Å². The summed E-state index contributed by atoms with van der Waals surface area (Å²) in [5.74, 6) is 1.54. The normalized spacial score (nSPS) is 16.2. The standard InChI is InChI=1S/C15H34NO/c1-7-13(8-2)10-14(9-3)11-15(17)12-16(4,5)6/h13-15,17H,7-12H2,1-6H3/q+1. The predicted octanol–water partition coefficient (Wildman–Crippen LogP) is 3.30. The first kappa shape index (κ1) is 16.9. The minimum absolute atomic E-state index is 0.144. The maximum absolute atomic E-state index is 10.1. The third-order valence-corrected chi connectivity index (χ3v) is 3.76. The molecule has 0 aliphatic carbocycles. The van der Waals surface area contributed by atoms with Gasteiger partial charge in [-0.25, -0.2) is 0 Å². The smallest absolute Gasteiger partial charge is 0.104 e. The Morgan fingerprint density at radius 1 is 0.824 bits per heavy atom. The highest BCUT2D eigenvalue weighted by atomic mass is 16.3. The average Bonchev–Trinajstić information content (AvgIpc) is 2.21. The first-order chi connectivity index (χ1) is 7.82. The van der Waals surface area contributed by atoms with Gasteiger partial charge in [-0.3, -0.25) is 0 Å². The van der Waals surface area contributed by atoms with Crippen LogP contribution in [0.3, 0.4) is 0 Å². The van der Waals surface area contributed by atoms with Crippen molar-refractivity contribution in [1.82, 2.24) is 0 Å². The summed E-state index contributed by atoms with van der Waals surface area (Å²) >= 11 is 0. The van der Waals surface area contributed by atoms with E-state index in [-0.39, 0.29) is 6.10 Å². The molecule has 0 fully saturated rings. The summed E-state index contributed by atoms with van der Waals surface area (Å²) < 4.78 is 0.850. The Kier molecular flexibility index (Phi) is 8.06. The second-order valence-electron chi connectivity index (χ2n) is 6.55. The number of nitrogens with zero attached hydrogens (tertiary/aromatic N) is 1. The molecule has 0 bridgehead atoms. The summed E-state index contributed by atoms with van der Waals surface area (Å²) in [6.45, 7) is 7.68. The largest absolute Gasteiger partial charge is 0.387 e. The van der Waals surface area contributed by atoms with Gasteiger partial charge in [0, 0.05) is 0 Å². The number of aliphatic hydroxyl groups excluding tert-OH is 1. The van der Waals surface area contributed by atoms with E-state index in [0.717, 1.165) is 23.4 Å². The number of hydrogen-bond acceptors (Lipinski definition) is 1. The minimum atomic E-state index is -0.144. The van der Waals surface area contributed by atoms with Crippen LogP contribution in [0.4, 0.5) is 0 Å². The molecule has 0 saturated heterocycles. The zero-order valence-electron chi connectivity index (χ0n) is 12.9. The van der Waals surface area contributed by atoms with Crippen LogP contribution in [0.2, 0.25) is 0 Å². The van der Waals surface area contributed by atoms with Gasteiger partial charge in [0.2, 0.25) is 0 Å². The Morgan fingerprint density at radius 3 is 1.65 bits per heavy atom. The summed E-state index contributed by atoms with van der Waals surface area (Å²) in [5.41, 5.74) is 0. The maximum Gasteiger partial charge on any atom is 0.104 e. The zero-order valence-corrected chi connectivity index (χ0v) is 12.9. The van der Waals surface area contributed by atoms with Gasteiger partial charge in [-0.05, 0) is 24.7 Å². The van der Waals surface area contributed by atoms with E-state index < -0.39 is 0 Å². The summed E-state index contributed by atoms with van der Waals surface area (Å²) in [6.07, 6.45) is 5.87. The number of hydrogen-bond donors (Lipinski definition) is 1. The molecule has 2 atom stereocenters. The molecule has 0 spiro atoms. The van der Waals surface area contributed by atoms with Crippen LogP contribution in [0.15, 0.2) is 0 Å². The lowest BCUT2D eigenvalue weighted by Gasteiger charge is -2.29. The molecule has 0 heterocycles. The van der Waals surface area contributed by atoms with E-state index in [0.29, 0.717) is 5.92 Å². The van der Waals surface area contributed by atoms with Gasteiger partial charge in [-0.1, -0.05) is 40.0 Å². The van der Waals surface area contributed by atoms with Crippen LogP contribution in [-0.4, -0.2) is 43.4 Å². The molecule has 0 radical (unpaired) electrons. The quantitative estimate of drug-likeness (QED) is 0.617. The fourth-order valence-corrected chi connectivity index (χ4v) is 2.61. The van der Waals surface area contributed by atoms with E-state index in [1.807, 2.05) is 0 Å². The highest BCUT2D eigenvalue weighted by Crippen LogP contribution is 2.25. The van der Waals surface area contributed by atoms with Crippen molar-refractivity contribution in [2.45, 2.75) is 59.0 Å². The van der Waals surface area contributed by atoms with Crippen LogP contribution in [0.5, 0.6) is 0 Å². The Labute approximate surface area is 109 Å². The SMILES string of the molecule is CCC(CC)CC(CC)CC(O)C[N+](C)(C)C. The fourth-order valence-electron chi connectivity index (χ4n) is 2.61. The van der Waals surface area contributed by atoms with E-state index in [1.165, 1.54) is 25.7 Å². The third kappa shape index (κ3) is 8.62. The Morgan fingerprint density at radius 2 is 1.29 bits per heavy atom. The molecule has 2 unspecified atom stereocenters. The number of aliphatic hydroxyl groups is 1. The zero-order chi connectivity index (χ0) is 13.5. The summed E-state index contributed by atoms with van der Waals surface area (Å²) in [5, 5.41) is 10.1. The molecular formula is C15H34NO+. The van der Waals surface area contributed by atoms with Gasteiger partial charge in [0.25, 0.3) is 0 Å². The third-order valence-electron chi connectivity index (χ3n) is 3.76. The Balaban J connectivity index is 4.11. The van der Waals surface area contributed by atoms with Crippen molar-refractivity contribution in [2.24, 2.45) is 11.8 Å². The fraction of sp³-hybridized carbons (Fsp3) is 1.00. The van der Waals surface area contributed by atoms with Gasteiger partial charge in [0.1, 0.15) is 12.6 Å². The lowest BCUT2D eigenvalue weighted by atomic mass is 9.85. The van der Waals surface area contributed by atoms with Crippen molar-refractivity contribution >= 4 is 0 Å². The van der Waals surface area contributed by atoms with Crippen LogP contribution < -0.4 is 0 Å². The van der Waals surface area contributed by atoms with Gasteiger partial charge in [-0.2, -0.15) is 0 Å².